The van der Waals surface area contributed by atoms with Crippen LogP contribution in [0.4, 0.5) is 4.39 Å². The molecule has 1 aromatic carbocycles. The molecular formula is C19H23FN4O2. The number of aryl methyl sites for hydroxylation is 1. The van der Waals surface area contributed by atoms with Crippen LogP contribution in [0.1, 0.15) is 43.4 Å². The Morgan fingerprint density at radius 2 is 2.23 bits per heavy atom. The van der Waals surface area contributed by atoms with Gasteiger partial charge in [-0.2, -0.15) is 0 Å². The van der Waals surface area contributed by atoms with E-state index in [-0.39, 0.29) is 17.7 Å². The highest BCUT2D eigenvalue weighted by atomic mass is 19.1. The summed E-state index contributed by atoms with van der Waals surface area (Å²) in [5, 5.41) is 11.5. The number of methoxy groups -OCH3 is 1. The number of carbonyl (C=O) groups is 1. The average Bonchev–Trinajstić information content (AvgIpc) is 3.04. The molecule has 1 aliphatic heterocycles. The second kappa shape index (κ2) is 7.68. The number of ether oxygens (including phenoxy) is 1. The lowest BCUT2D eigenvalue weighted by atomic mass is 10.1. The predicted octanol–water partition coefficient (Wildman–Crippen LogP) is 2.69. The topological polar surface area (TPSA) is 69.0 Å². The van der Waals surface area contributed by atoms with E-state index in [1.54, 1.807) is 18.2 Å². The van der Waals surface area contributed by atoms with E-state index < -0.39 is 5.82 Å². The fraction of sp³-hybridized carbons (Fsp3) is 0.421. The maximum Gasteiger partial charge on any atom is 0.244 e. The Bertz CT molecular complexity index is 829. The van der Waals surface area contributed by atoms with Crippen LogP contribution in [0.25, 0.3) is 6.08 Å². The molecule has 6 nitrogen and oxygen atoms in total. The highest BCUT2D eigenvalue weighted by molar-refractivity contribution is 5.91. The predicted molar refractivity (Wildman–Crippen MR) is 96.3 cm³/mol. The van der Waals surface area contributed by atoms with Crippen molar-refractivity contribution >= 4 is 12.0 Å². The molecule has 0 saturated heterocycles. The number of benzene rings is 1. The van der Waals surface area contributed by atoms with Crippen molar-refractivity contribution in [1.82, 2.24) is 20.1 Å². The zero-order chi connectivity index (χ0) is 18.7. The molecule has 1 unspecified atom stereocenters. The van der Waals surface area contributed by atoms with Gasteiger partial charge in [0.05, 0.1) is 7.11 Å². The Hall–Kier alpha value is -2.70. The molecule has 2 heterocycles. The van der Waals surface area contributed by atoms with Crippen LogP contribution >= 0.6 is 0 Å². The van der Waals surface area contributed by atoms with Gasteiger partial charge in [0.2, 0.25) is 5.91 Å². The van der Waals surface area contributed by atoms with Crippen LogP contribution in [0.2, 0.25) is 0 Å². The average molecular weight is 358 g/mol. The van der Waals surface area contributed by atoms with Crippen LogP contribution in [-0.4, -0.2) is 33.8 Å². The van der Waals surface area contributed by atoms with E-state index in [1.165, 1.54) is 19.3 Å². The first-order valence-corrected chi connectivity index (χ1v) is 8.72. The molecule has 0 aliphatic carbocycles. The first kappa shape index (κ1) is 18.1. The van der Waals surface area contributed by atoms with Crippen LogP contribution in [0.5, 0.6) is 5.75 Å². The van der Waals surface area contributed by atoms with Gasteiger partial charge in [-0.15, -0.1) is 10.2 Å². The standard InChI is InChI=1S/C19H23FN4O2/c1-12(2)19-23-22-17-8-6-14(11-24(17)19)21-18(25)9-5-13-4-7-15(20)16(10-13)26-3/h4-5,7,9-10,12,14H,6,8,11H2,1-3H3,(H,21,25). The molecule has 26 heavy (non-hydrogen) atoms. The first-order chi connectivity index (χ1) is 12.5. The third kappa shape index (κ3) is 3.92. The molecular weight excluding hydrogens is 335 g/mol. The fourth-order valence-electron chi connectivity index (χ4n) is 3.09. The van der Waals surface area contributed by atoms with E-state index >= 15 is 0 Å². The van der Waals surface area contributed by atoms with Gasteiger partial charge in [-0.3, -0.25) is 4.79 Å². The molecule has 3 rings (SSSR count). The highest BCUT2D eigenvalue weighted by Gasteiger charge is 2.24. The maximum atomic E-state index is 13.4. The van der Waals surface area contributed by atoms with Crippen LogP contribution in [0.3, 0.4) is 0 Å². The molecule has 2 aromatic rings. The second-order valence-electron chi connectivity index (χ2n) is 6.71. The summed E-state index contributed by atoms with van der Waals surface area (Å²) in [6, 6.07) is 4.51. The number of hydrogen-bond acceptors (Lipinski definition) is 4. The molecule has 0 bridgehead atoms. The van der Waals surface area contributed by atoms with Crippen molar-refractivity contribution in [3.05, 3.63) is 47.3 Å². The monoisotopic (exact) mass is 358 g/mol. The number of carbonyl (C=O) groups excluding carboxylic acids is 1. The SMILES string of the molecule is COc1cc(C=CC(=O)NC2CCc3nnc(C(C)C)n3C2)ccc1F. The van der Waals surface area contributed by atoms with E-state index in [1.807, 2.05) is 0 Å². The van der Waals surface area contributed by atoms with Gasteiger partial charge in [0.1, 0.15) is 11.6 Å². The summed E-state index contributed by atoms with van der Waals surface area (Å²) in [7, 11) is 1.41. The largest absolute Gasteiger partial charge is 0.494 e. The van der Waals surface area contributed by atoms with Crippen molar-refractivity contribution in [1.29, 1.82) is 0 Å². The lowest BCUT2D eigenvalue weighted by Crippen LogP contribution is -2.40. The molecule has 1 N–H and O–H groups in total. The number of fused-ring (bicyclic) bond motifs is 1. The summed E-state index contributed by atoms with van der Waals surface area (Å²) >= 11 is 0. The summed E-state index contributed by atoms with van der Waals surface area (Å²) in [4.78, 5) is 12.2. The number of hydrogen-bond donors (Lipinski definition) is 1. The van der Waals surface area contributed by atoms with Crippen molar-refractivity contribution in [2.75, 3.05) is 7.11 Å². The fourth-order valence-corrected chi connectivity index (χ4v) is 3.09. The van der Waals surface area contributed by atoms with Crippen molar-refractivity contribution in [2.24, 2.45) is 0 Å². The number of rotatable bonds is 5. The van der Waals surface area contributed by atoms with Gasteiger partial charge in [0.15, 0.2) is 11.6 Å². The van der Waals surface area contributed by atoms with Gasteiger partial charge in [-0.25, -0.2) is 4.39 Å². The molecule has 1 atom stereocenters. The molecule has 0 spiro atoms. The van der Waals surface area contributed by atoms with Gasteiger partial charge >= 0.3 is 0 Å². The summed E-state index contributed by atoms with van der Waals surface area (Å²) < 4.78 is 20.5. The zero-order valence-electron chi connectivity index (χ0n) is 15.2. The molecule has 0 radical (unpaired) electrons. The highest BCUT2D eigenvalue weighted by Crippen LogP contribution is 2.21. The minimum Gasteiger partial charge on any atom is -0.494 e. The quantitative estimate of drug-likeness (QED) is 0.835. The third-order valence-corrected chi connectivity index (χ3v) is 4.44. The van der Waals surface area contributed by atoms with Crippen LogP contribution in [0.15, 0.2) is 24.3 Å². The molecule has 1 aliphatic rings. The minimum atomic E-state index is -0.429. The van der Waals surface area contributed by atoms with E-state index in [0.29, 0.717) is 18.0 Å². The number of nitrogens with one attached hydrogen (secondary N) is 1. The first-order valence-electron chi connectivity index (χ1n) is 8.72. The van der Waals surface area contributed by atoms with E-state index in [0.717, 1.165) is 24.5 Å². The Morgan fingerprint density at radius 1 is 1.42 bits per heavy atom. The van der Waals surface area contributed by atoms with Crippen LogP contribution in [-0.2, 0) is 17.8 Å². The normalized spacial score (nSPS) is 16.7. The molecule has 1 amide bonds. The summed E-state index contributed by atoms with van der Waals surface area (Å²) in [5.74, 6) is 1.77. The van der Waals surface area contributed by atoms with Crippen molar-refractivity contribution < 1.29 is 13.9 Å². The molecule has 138 valence electrons. The number of nitrogens with zero attached hydrogens (tertiary/aromatic N) is 3. The smallest absolute Gasteiger partial charge is 0.244 e. The Kier molecular flexibility index (Phi) is 5.35. The van der Waals surface area contributed by atoms with Crippen LogP contribution < -0.4 is 10.1 Å². The Balaban J connectivity index is 1.63. The Labute approximate surface area is 152 Å². The Morgan fingerprint density at radius 3 is 2.96 bits per heavy atom. The van der Waals surface area contributed by atoms with Gasteiger partial charge in [-0.1, -0.05) is 19.9 Å². The lowest BCUT2D eigenvalue weighted by Gasteiger charge is -2.25. The summed E-state index contributed by atoms with van der Waals surface area (Å²) in [5.41, 5.74) is 0.699. The maximum absolute atomic E-state index is 13.4. The van der Waals surface area contributed by atoms with Crippen molar-refractivity contribution in [3.63, 3.8) is 0 Å². The van der Waals surface area contributed by atoms with Crippen molar-refractivity contribution in [3.8, 4) is 5.75 Å². The lowest BCUT2D eigenvalue weighted by molar-refractivity contribution is -0.117. The van der Waals surface area contributed by atoms with Gasteiger partial charge in [0.25, 0.3) is 0 Å². The third-order valence-electron chi connectivity index (χ3n) is 4.44. The van der Waals surface area contributed by atoms with Gasteiger partial charge < -0.3 is 14.6 Å². The molecule has 0 saturated carbocycles. The molecule has 0 fully saturated rings. The number of aromatic nitrogens is 3. The van der Waals surface area contributed by atoms with Gasteiger partial charge in [-0.05, 0) is 30.2 Å². The van der Waals surface area contributed by atoms with E-state index in [9.17, 15) is 9.18 Å². The minimum absolute atomic E-state index is 0.0379. The summed E-state index contributed by atoms with van der Waals surface area (Å²) in [6.45, 7) is 4.85. The molecule has 1 aromatic heterocycles. The van der Waals surface area contributed by atoms with Crippen LogP contribution in [0, 0.1) is 5.82 Å². The summed E-state index contributed by atoms with van der Waals surface area (Å²) in [6.07, 6.45) is 4.73. The van der Waals surface area contributed by atoms with E-state index in [2.05, 4.69) is 33.9 Å². The van der Waals surface area contributed by atoms with Gasteiger partial charge in [0, 0.05) is 31.0 Å². The van der Waals surface area contributed by atoms with Crippen molar-refractivity contribution in [2.45, 2.75) is 45.2 Å². The number of amides is 1. The zero-order valence-corrected chi connectivity index (χ0v) is 15.2. The number of halogens is 1. The molecule has 7 heteroatoms. The second-order valence-corrected chi connectivity index (χ2v) is 6.71. The van der Waals surface area contributed by atoms with E-state index in [4.69, 9.17) is 4.74 Å².